The molecule has 1 N–H and O–H groups in total. The Hall–Kier alpha value is -3.10. The van der Waals surface area contributed by atoms with Crippen molar-refractivity contribution >= 4 is 51.3 Å². The molecular formula is C17H11ClN4O3S. The molecule has 0 fully saturated rings. The lowest BCUT2D eigenvalue weighted by molar-refractivity contribution is -0.384. The van der Waals surface area contributed by atoms with Crippen LogP contribution in [0.15, 0.2) is 54.6 Å². The summed E-state index contributed by atoms with van der Waals surface area (Å²) in [5.41, 5.74) is 1.32. The Morgan fingerprint density at radius 1 is 1.08 bits per heavy atom. The molecular weight excluding hydrogens is 376 g/mol. The highest BCUT2D eigenvalue weighted by Crippen LogP contribution is 2.26. The van der Waals surface area contributed by atoms with Crippen molar-refractivity contribution in [3.8, 4) is 0 Å². The normalized spacial score (nSPS) is 11.2. The summed E-state index contributed by atoms with van der Waals surface area (Å²) in [7, 11) is 0. The number of carbonyl (C=O) groups is 1. The van der Waals surface area contributed by atoms with E-state index in [4.69, 9.17) is 11.6 Å². The molecule has 0 bridgehead atoms. The van der Waals surface area contributed by atoms with Crippen LogP contribution in [0.2, 0.25) is 0 Å². The minimum Gasteiger partial charge on any atom is -0.320 e. The number of nitrogens with zero attached hydrogens (tertiary/aromatic N) is 3. The zero-order valence-corrected chi connectivity index (χ0v) is 14.7. The molecule has 130 valence electrons. The van der Waals surface area contributed by atoms with E-state index in [9.17, 15) is 14.9 Å². The predicted molar refractivity (Wildman–Crippen MR) is 101 cm³/mol. The number of hydrogen-bond donors (Lipinski definition) is 1. The van der Waals surface area contributed by atoms with Gasteiger partial charge in [0.2, 0.25) is 5.01 Å². The monoisotopic (exact) mass is 386 g/mol. The second kappa shape index (κ2) is 7.85. The van der Waals surface area contributed by atoms with Crippen molar-refractivity contribution in [1.29, 1.82) is 0 Å². The van der Waals surface area contributed by atoms with E-state index in [0.717, 1.165) is 11.3 Å². The molecule has 0 spiro atoms. The van der Waals surface area contributed by atoms with Crippen LogP contribution in [0.25, 0.3) is 11.1 Å². The van der Waals surface area contributed by atoms with Crippen LogP contribution in [0.1, 0.15) is 20.4 Å². The maximum absolute atomic E-state index is 12.2. The maximum atomic E-state index is 12.2. The van der Waals surface area contributed by atoms with Gasteiger partial charge in [-0.2, -0.15) is 0 Å². The summed E-state index contributed by atoms with van der Waals surface area (Å²) in [4.78, 5) is 22.4. The molecule has 0 aliphatic rings. The van der Waals surface area contributed by atoms with Gasteiger partial charge < -0.3 is 5.32 Å². The van der Waals surface area contributed by atoms with E-state index in [1.807, 2.05) is 18.2 Å². The molecule has 3 aromatic rings. The average molecular weight is 387 g/mol. The van der Waals surface area contributed by atoms with Crippen LogP contribution in [-0.4, -0.2) is 21.0 Å². The smallest absolute Gasteiger partial charge is 0.286 e. The molecule has 0 radical (unpaired) electrons. The van der Waals surface area contributed by atoms with Gasteiger partial charge in [-0.05, 0) is 35.9 Å². The fourth-order valence-corrected chi connectivity index (χ4v) is 2.94. The molecule has 9 heteroatoms. The lowest BCUT2D eigenvalue weighted by atomic mass is 10.2. The quantitative estimate of drug-likeness (QED) is 0.516. The number of nitrogens with one attached hydrogen (secondary N) is 1. The van der Waals surface area contributed by atoms with E-state index in [1.54, 1.807) is 30.3 Å². The number of para-hydroxylation sites is 1. The number of nitro groups is 1. The Balaban J connectivity index is 1.73. The Kier molecular flexibility index (Phi) is 5.35. The topological polar surface area (TPSA) is 98.0 Å². The molecule has 1 aromatic heterocycles. The van der Waals surface area contributed by atoms with Gasteiger partial charge in [0.1, 0.15) is 0 Å². The molecule has 0 saturated heterocycles. The Labute approximate surface area is 157 Å². The Morgan fingerprint density at radius 3 is 2.38 bits per heavy atom. The molecule has 1 heterocycles. The Bertz CT molecular complexity index is 971. The third kappa shape index (κ3) is 4.29. The predicted octanol–water partition coefficient (Wildman–Crippen LogP) is 4.44. The molecule has 0 atom stereocenters. The highest BCUT2D eigenvalue weighted by atomic mass is 35.5. The summed E-state index contributed by atoms with van der Waals surface area (Å²) in [6.07, 6.45) is 1.60. The van der Waals surface area contributed by atoms with Gasteiger partial charge >= 0.3 is 0 Å². The van der Waals surface area contributed by atoms with E-state index in [-0.39, 0.29) is 21.6 Å². The first-order chi connectivity index (χ1) is 12.5. The lowest BCUT2D eigenvalue weighted by Gasteiger charge is -2.00. The number of halogens is 1. The molecule has 0 aliphatic carbocycles. The number of carbonyl (C=O) groups excluding carboxylic acids is 1. The zero-order chi connectivity index (χ0) is 18.5. The van der Waals surface area contributed by atoms with Crippen molar-refractivity contribution in [2.24, 2.45) is 0 Å². The van der Waals surface area contributed by atoms with Crippen molar-refractivity contribution < 1.29 is 9.72 Å². The second-order valence-corrected chi connectivity index (χ2v) is 6.46. The van der Waals surface area contributed by atoms with E-state index < -0.39 is 4.92 Å². The maximum Gasteiger partial charge on any atom is 0.286 e. The average Bonchev–Trinajstić information content (AvgIpc) is 3.13. The van der Waals surface area contributed by atoms with Crippen LogP contribution < -0.4 is 5.32 Å². The number of nitro benzene ring substituents is 1. The molecule has 0 unspecified atom stereocenters. The van der Waals surface area contributed by atoms with E-state index >= 15 is 0 Å². The number of anilines is 1. The molecule has 7 nitrogen and oxygen atoms in total. The van der Waals surface area contributed by atoms with Gasteiger partial charge in [-0.3, -0.25) is 14.9 Å². The minimum absolute atomic E-state index is 0.00550. The van der Waals surface area contributed by atoms with Crippen molar-refractivity contribution in [3.05, 3.63) is 80.3 Å². The fraction of sp³-hybridized carbons (Fsp3) is 0. The van der Waals surface area contributed by atoms with Crippen molar-refractivity contribution in [2.45, 2.75) is 0 Å². The first-order valence-electron chi connectivity index (χ1n) is 7.35. The summed E-state index contributed by atoms with van der Waals surface area (Å²) < 4.78 is 0. The van der Waals surface area contributed by atoms with Crippen LogP contribution >= 0.6 is 22.9 Å². The van der Waals surface area contributed by atoms with E-state index in [1.165, 1.54) is 12.1 Å². The number of aromatic nitrogens is 2. The molecule has 0 aliphatic heterocycles. The highest BCUT2D eigenvalue weighted by molar-refractivity contribution is 7.15. The van der Waals surface area contributed by atoms with Crippen molar-refractivity contribution in [3.63, 3.8) is 0 Å². The van der Waals surface area contributed by atoms with Gasteiger partial charge in [0.05, 0.1) is 9.96 Å². The van der Waals surface area contributed by atoms with Crippen molar-refractivity contribution in [1.82, 2.24) is 10.2 Å². The van der Waals surface area contributed by atoms with Gasteiger partial charge in [0.15, 0.2) is 5.01 Å². The van der Waals surface area contributed by atoms with Gasteiger partial charge in [0, 0.05) is 17.8 Å². The number of rotatable bonds is 5. The molecule has 1 amide bonds. The first kappa shape index (κ1) is 17.7. The fourth-order valence-electron chi connectivity index (χ4n) is 2.02. The van der Waals surface area contributed by atoms with Gasteiger partial charge in [-0.25, -0.2) is 0 Å². The zero-order valence-electron chi connectivity index (χ0n) is 13.1. The van der Waals surface area contributed by atoms with Crippen LogP contribution in [0, 0.1) is 10.1 Å². The van der Waals surface area contributed by atoms with Crippen LogP contribution in [0.4, 0.5) is 11.4 Å². The molecule has 26 heavy (non-hydrogen) atoms. The summed E-state index contributed by atoms with van der Waals surface area (Å²) >= 11 is 7.28. The largest absolute Gasteiger partial charge is 0.320 e. The molecule has 0 saturated carbocycles. The third-order valence-electron chi connectivity index (χ3n) is 3.25. The summed E-state index contributed by atoms with van der Waals surface area (Å²) in [5, 5.41) is 22.0. The Morgan fingerprint density at radius 2 is 1.73 bits per heavy atom. The summed E-state index contributed by atoms with van der Waals surface area (Å²) in [5.74, 6) is -0.375. The van der Waals surface area contributed by atoms with Crippen LogP contribution in [0.5, 0.6) is 0 Å². The van der Waals surface area contributed by atoms with Gasteiger partial charge in [0.25, 0.3) is 11.6 Å². The van der Waals surface area contributed by atoms with E-state index in [0.29, 0.717) is 16.3 Å². The minimum atomic E-state index is -0.475. The molecule has 2 aromatic carbocycles. The van der Waals surface area contributed by atoms with E-state index in [2.05, 4.69) is 15.5 Å². The SMILES string of the molecule is O=C(Nc1ccccc1)c1nnc(/C(Cl)=C/c2ccc([N+](=O)[O-])cc2)s1. The number of amides is 1. The third-order valence-corrected chi connectivity index (χ3v) is 4.61. The summed E-state index contributed by atoms with van der Waals surface area (Å²) in [6.45, 7) is 0. The van der Waals surface area contributed by atoms with Gasteiger partial charge in [-0.15, -0.1) is 10.2 Å². The van der Waals surface area contributed by atoms with Crippen LogP contribution in [-0.2, 0) is 0 Å². The number of hydrogen-bond acceptors (Lipinski definition) is 6. The number of benzene rings is 2. The first-order valence-corrected chi connectivity index (χ1v) is 8.54. The summed E-state index contributed by atoms with van der Waals surface area (Å²) in [6, 6.07) is 14.9. The number of non-ortho nitro benzene ring substituents is 1. The lowest BCUT2D eigenvalue weighted by Crippen LogP contribution is -2.11. The van der Waals surface area contributed by atoms with Crippen LogP contribution in [0.3, 0.4) is 0 Å². The van der Waals surface area contributed by atoms with Crippen molar-refractivity contribution in [2.75, 3.05) is 5.32 Å². The highest BCUT2D eigenvalue weighted by Gasteiger charge is 2.15. The van der Waals surface area contributed by atoms with Gasteiger partial charge in [-0.1, -0.05) is 41.1 Å². The standard InChI is InChI=1S/C17H11ClN4O3S/c18-14(10-11-6-8-13(9-7-11)22(24)25)16-20-21-17(26-16)15(23)19-12-4-2-1-3-5-12/h1-10H,(H,19,23)/b14-10-. The molecule has 3 rings (SSSR count). The second-order valence-electron chi connectivity index (χ2n) is 5.07.